The molecule has 0 N–H and O–H groups in total. The zero-order valence-electron chi connectivity index (χ0n) is 17.6. The van der Waals surface area contributed by atoms with E-state index in [0.717, 1.165) is 26.5 Å². The lowest BCUT2D eigenvalue weighted by molar-refractivity contribution is -0.123. The number of nitrogens with zero attached hydrogens (tertiary/aromatic N) is 2. The van der Waals surface area contributed by atoms with Gasteiger partial charge in [0.05, 0.1) is 21.7 Å². The number of aliphatic imine (C=N–C) groups is 1. The summed E-state index contributed by atoms with van der Waals surface area (Å²) in [7, 11) is 1.63. The molecule has 28 heavy (non-hydrogen) atoms. The average Bonchev–Trinajstić information content (AvgIpc) is 2.91. The zero-order valence-corrected chi connectivity index (χ0v) is 20.6. The highest BCUT2D eigenvalue weighted by atomic mass is 127. The van der Waals surface area contributed by atoms with Crippen molar-refractivity contribution in [3.63, 3.8) is 0 Å². The molecule has 154 valence electrons. The molecule has 1 amide bonds. The van der Waals surface area contributed by atoms with Crippen molar-refractivity contribution in [2.24, 2.45) is 4.99 Å². The Balaban J connectivity index is 2.42. The molecule has 1 aromatic rings. The SMILES string of the molecule is CC[C@H](C)Oc1c(I)cc(/C=C2/SC(=NC(C)C)N(C(C)C)C2=O)cc1OC. The van der Waals surface area contributed by atoms with Crippen molar-refractivity contribution in [1.29, 1.82) is 0 Å². The Morgan fingerprint density at radius 2 is 1.93 bits per heavy atom. The monoisotopic (exact) mass is 516 g/mol. The first-order chi connectivity index (χ1) is 13.2. The molecule has 1 atom stereocenters. The van der Waals surface area contributed by atoms with Gasteiger partial charge in [0.25, 0.3) is 5.91 Å². The Kier molecular flexibility index (Phi) is 8.24. The number of hydrogen-bond donors (Lipinski definition) is 0. The molecule has 1 fully saturated rings. The summed E-state index contributed by atoms with van der Waals surface area (Å²) in [6.07, 6.45) is 2.93. The third-order valence-electron chi connectivity index (χ3n) is 4.17. The van der Waals surface area contributed by atoms with E-state index in [-0.39, 0.29) is 24.1 Å². The van der Waals surface area contributed by atoms with Crippen molar-refractivity contribution >= 4 is 51.5 Å². The van der Waals surface area contributed by atoms with E-state index in [2.05, 4.69) is 34.5 Å². The van der Waals surface area contributed by atoms with Gasteiger partial charge in [-0.25, -0.2) is 0 Å². The number of halogens is 1. The largest absolute Gasteiger partial charge is 0.493 e. The zero-order chi connectivity index (χ0) is 21.0. The Morgan fingerprint density at radius 1 is 1.25 bits per heavy atom. The van der Waals surface area contributed by atoms with Gasteiger partial charge in [0.15, 0.2) is 16.7 Å². The van der Waals surface area contributed by atoms with Gasteiger partial charge in [-0.3, -0.25) is 14.7 Å². The van der Waals surface area contributed by atoms with Crippen molar-refractivity contribution in [3.8, 4) is 11.5 Å². The van der Waals surface area contributed by atoms with Crippen LogP contribution < -0.4 is 9.47 Å². The first kappa shape index (κ1) is 23.1. The molecule has 0 spiro atoms. The summed E-state index contributed by atoms with van der Waals surface area (Å²) in [5.41, 5.74) is 0.906. The van der Waals surface area contributed by atoms with E-state index >= 15 is 0 Å². The second kappa shape index (κ2) is 10.0. The quantitative estimate of drug-likeness (QED) is 0.352. The van der Waals surface area contributed by atoms with E-state index in [1.54, 1.807) is 12.0 Å². The molecule has 0 saturated carbocycles. The first-order valence-corrected chi connectivity index (χ1v) is 11.4. The summed E-state index contributed by atoms with van der Waals surface area (Å²) in [5.74, 6) is 1.41. The normalized spacial score (nSPS) is 18.6. The lowest BCUT2D eigenvalue weighted by Crippen LogP contribution is -2.35. The van der Waals surface area contributed by atoms with E-state index in [9.17, 15) is 4.79 Å². The highest BCUT2D eigenvalue weighted by molar-refractivity contribution is 14.1. The minimum atomic E-state index is -0.00620. The number of carbonyl (C=O) groups is 1. The fraction of sp³-hybridized carbons (Fsp3) is 0.524. The molecular weight excluding hydrogens is 487 g/mol. The maximum absolute atomic E-state index is 12.9. The standard InChI is InChI=1S/C21H29IN2O3S/c1-8-14(6)27-19-16(22)9-15(10-17(19)26-7)11-18-20(25)24(13(4)5)21(28-18)23-12(2)3/h9-14H,8H2,1-7H3/b18-11+,23-21?/t14-/m0/s1. The summed E-state index contributed by atoms with van der Waals surface area (Å²) in [6.45, 7) is 12.2. The predicted octanol–water partition coefficient (Wildman–Crippen LogP) is 5.57. The molecule has 0 bridgehead atoms. The number of rotatable bonds is 7. The van der Waals surface area contributed by atoms with E-state index in [0.29, 0.717) is 10.7 Å². The van der Waals surface area contributed by atoms with Crippen LogP contribution in [0.2, 0.25) is 0 Å². The summed E-state index contributed by atoms with van der Waals surface area (Å²) in [6, 6.07) is 4.12. The molecule has 0 unspecified atom stereocenters. The van der Waals surface area contributed by atoms with Crippen molar-refractivity contribution in [3.05, 3.63) is 26.2 Å². The maximum atomic E-state index is 12.9. The number of amidine groups is 1. The fourth-order valence-corrected chi connectivity index (χ4v) is 4.61. The van der Waals surface area contributed by atoms with Crippen LogP contribution in [0.25, 0.3) is 6.08 Å². The highest BCUT2D eigenvalue weighted by Gasteiger charge is 2.35. The predicted molar refractivity (Wildman–Crippen MR) is 126 cm³/mol. The van der Waals surface area contributed by atoms with Gasteiger partial charge in [-0.15, -0.1) is 0 Å². The average molecular weight is 516 g/mol. The van der Waals surface area contributed by atoms with Gasteiger partial charge in [0.1, 0.15) is 0 Å². The second-order valence-corrected chi connectivity index (χ2v) is 9.43. The Morgan fingerprint density at radius 3 is 2.46 bits per heavy atom. The van der Waals surface area contributed by atoms with Crippen LogP contribution >= 0.6 is 34.4 Å². The molecule has 1 aliphatic heterocycles. The number of thioether (sulfide) groups is 1. The van der Waals surface area contributed by atoms with E-state index in [1.807, 2.05) is 52.8 Å². The van der Waals surface area contributed by atoms with Gasteiger partial charge < -0.3 is 9.47 Å². The minimum absolute atomic E-state index is 0.00620. The van der Waals surface area contributed by atoms with Crippen LogP contribution in [-0.4, -0.2) is 41.3 Å². The van der Waals surface area contributed by atoms with Gasteiger partial charge in [0, 0.05) is 12.1 Å². The van der Waals surface area contributed by atoms with Crippen LogP contribution in [0.5, 0.6) is 11.5 Å². The van der Waals surface area contributed by atoms with Crippen LogP contribution in [0.15, 0.2) is 22.0 Å². The smallest absolute Gasteiger partial charge is 0.266 e. The topological polar surface area (TPSA) is 51.1 Å². The molecule has 1 aromatic carbocycles. The Hall–Kier alpha value is -1.22. The molecule has 0 aliphatic carbocycles. The third kappa shape index (κ3) is 5.43. The van der Waals surface area contributed by atoms with E-state index < -0.39 is 0 Å². The molecular formula is C21H29IN2O3S. The van der Waals surface area contributed by atoms with E-state index in [4.69, 9.17) is 9.47 Å². The maximum Gasteiger partial charge on any atom is 0.266 e. The number of hydrogen-bond acceptors (Lipinski definition) is 5. The van der Waals surface area contributed by atoms with Crippen molar-refractivity contribution in [2.75, 3.05) is 7.11 Å². The first-order valence-electron chi connectivity index (χ1n) is 9.52. The number of methoxy groups -OCH3 is 1. The van der Waals surface area contributed by atoms with Gasteiger partial charge in [-0.1, -0.05) is 6.92 Å². The van der Waals surface area contributed by atoms with Crippen LogP contribution in [-0.2, 0) is 4.79 Å². The Bertz CT molecular complexity index is 790. The van der Waals surface area contributed by atoms with Crippen molar-refractivity contribution < 1.29 is 14.3 Å². The van der Waals surface area contributed by atoms with Crippen molar-refractivity contribution in [2.45, 2.75) is 66.2 Å². The second-order valence-electron chi connectivity index (χ2n) is 7.26. The van der Waals surface area contributed by atoms with Crippen molar-refractivity contribution in [1.82, 2.24) is 4.90 Å². The third-order valence-corrected chi connectivity index (χ3v) is 5.96. The fourth-order valence-electron chi connectivity index (χ4n) is 2.63. The van der Waals surface area contributed by atoms with Gasteiger partial charge in [0.2, 0.25) is 0 Å². The highest BCUT2D eigenvalue weighted by Crippen LogP contribution is 2.38. The number of benzene rings is 1. The van der Waals surface area contributed by atoms with Gasteiger partial charge in [-0.05, 0) is 99.2 Å². The van der Waals surface area contributed by atoms with Crippen LogP contribution in [0.4, 0.5) is 0 Å². The lowest BCUT2D eigenvalue weighted by atomic mass is 10.1. The molecule has 2 rings (SSSR count). The molecule has 1 saturated heterocycles. The number of amides is 1. The number of ether oxygens (including phenoxy) is 2. The molecule has 1 aliphatic rings. The summed E-state index contributed by atoms with van der Waals surface area (Å²) in [5, 5.41) is 0.764. The lowest BCUT2D eigenvalue weighted by Gasteiger charge is -2.20. The molecule has 0 aromatic heterocycles. The summed E-state index contributed by atoms with van der Waals surface area (Å²) < 4.78 is 12.5. The molecule has 5 nitrogen and oxygen atoms in total. The van der Waals surface area contributed by atoms with Gasteiger partial charge in [-0.2, -0.15) is 0 Å². The van der Waals surface area contributed by atoms with E-state index in [1.165, 1.54) is 11.8 Å². The van der Waals surface area contributed by atoms with Crippen LogP contribution in [0.1, 0.15) is 53.5 Å². The van der Waals surface area contributed by atoms with Gasteiger partial charge >= 0.3 is 0 Å². The number of carbonyl (C=O) groups excluding carboxylic acids is 1. The summed E-state index contributed by atoms with van der Waals surface area (Å²) in [4.78, 5) is 20.0. The van der Waals surface area contributed by atoms with Crippen LogP contribution in [0.3, 0.4) is 0 Å². The Labute approximate surface area is 186 Å². The molecule has 0 radical (unpaired) electrons. The molecule has 7 heteroatoms. The summed E-state index contributed by atoms with van der Waals surface area (Å²) >= 11 is 3.68. The molecule has 1 heterocycles. The minimum Gasteiger partial charge on any atom is -0.493 e. The van der Waals surface area contributed by atoms with Crippen LogP contribution in [0, 0.1) is 3.57 Å².